The van der Waals surface area contributed by atoms with Crippen LogP contribution in [0.3, 0.4) is 0 Å². The van der Waals surface area contributed by atoms with Gasteiger partial charge in [-0.15, -0.1) is 12.3 Å². The molecular formula is C25H27ClN2O3. The number of nitrogens with one attached hydrogen (secondary N) is 1. The van der Waals surface area contributed by atoms with E-state index in [1.54, 1.807) is 37.4 Å². The summed E-state index contributed by atoms with van der Waals surface area (Å²) in [6.45, 7) is 3.33. The van der Waals surface area contributed by atoms with Gasteiger partial charge in [0.2, 0.25) is 5.91 Å². The summed E-state index contributed by atoms with van der Waals surface area (Å²) in [7, 11) is 1.60. The van der Waals surface area contributed by atoms with Crippen molar-refractivity contribution in [3.05, 3.63) is 65.2 Å². The maximum Gasteiger partial charge on any atom is 0.232 e. The second kappa shape index (κ2) is 11.5. The van der Waals surface area contributed by atoms with Gasteiger partial charge in [0.1, 0.15) is 6.61 Å². The molecule has 0 fully saturated rings. The summed E-state index contributed by atoms with van der Waals surface area (Å²) in [5.74, 6) is 3.09. The molecule has 1 atom stereocenters. The molecule has 31 heavy (non-hydrogen) atoms. The second-order valence-corrected chi connectivity index (χ2v) is 7.72. The van der Waals surface area contributed by atoms with Crippen LogP contribution in [-0.4, -0.2) is 44.2 Å². The SMILES string of the molecule is C#CCC(C(=O)Nc1ccc(OC)c(OCCN2CC=CCC2)c1)c1cccc(Cl)c1. The predicted molar refractivity (Wildman–Crippen MR) is 125 cm³/mol. The maximum absolute atomic E-state index is 13.0. The number of carbonyl (C=O) groups excluding carboxylic acids is 1. The molecule has 0 saturated heterocycles. The van der Waals surface area contributed by atoms with Crippen LogP contribution in [0.5, 0.6) is 11.5 Å². The van der Waals surface area contributed by atoms with E-state index < -0.39 is 5.92 Å². The van der Waals surface area contributed by atoms with Gasteiger partial charge in [-0.2, -0.15) is 0 Å². The zero-order valence-corrected chi connectivity index (χ0v) is 18.4. The zero-order valence-electron chi connectivity index (χ0n) is 17.6. The topological polar surface area (TPSA) is 50.8 Å². The predicted octanol–water partition coefficient (Wildman–Crippen LogP) is 4.73. The highest BCUT2D eigenvalue weighted by Crippen LogP contribution is 2.31. The molecule has 3 rings (SSSR count). The van der Waals surface area contributed by atoms with Gasteiger partial charge < -0.3 is 14.8 Å². The summed E-state index contributed by atoms with van der Waals surface area (Å²) in [6, 6.07) is 12.5. The van der Waals surface area contributed by atoms with Crippen LogP contribution in [0.1, 0.15) is 24.3 Å². The third-order valence-corrected chi connectivity index (χ3v) is 5.36. The molecule has 6 heteroatoms. The number of rotatable bonds is 9. The van der Waals surface area contributed by atoms with E-state index in [1.165, 1.54) is 0 Å². The van der Waals surface area contributed by atoms with Gasteiger partial charge in [0, 0.05) is 42.8 Å². The van der Waals surface area contributed by atoms with E-state index in [1.807, 2.05) is 12.1 Å². The quantitative estimate of drug-likeness (QED) is 0.454. The van der Waals surface area contributed by atoms with Gasteiger partial charge in [-0.1, -0.05) is 35.9 Å². The second-order valence-electron chi connectivity index (χ2n) is 7.28. The van der Waals surface area contributed by atoms with E-state index in [4.69, 9.17) is 27.5 Å². The first-order chi connectivity index (χ1) is 15.1. The maximum atomic E-state index is 13.0. The molecule has 1 aliphatic heterocycles. The molecule has 0 aromatic heterocycles. The molecule has 0 radical (unpaired) electrons. The van der Waals surface area contributed by atoms with E-state index in [-0.39, 0.29) is 12.3 Å². The molecule has 162 valence electrons. The van der Waals surface area contributed by atoms with Crippen molar-refractivity contribution in [2.45, 2.75) is 18.8 Å². The van der Waals surface area contributed by atoms with Crippen molar-refractivity contribution in [2.24, 2.45) is 0 Å². The molecule has 0 saturated carbocycles. The number of hydrogen-bond acceptors (Lipinski definition) is 4. The lowest BCUT2D eigenvalue weighted by atomic mass is 9.95. The fourth-order valence-corrected chi connectivity index (χ4v) is 3.68. The first-order valence-electron chi connectivity index (χ1n) is 10.3. The number of methoxy groups -OCH3 is 1. The molecule has 0 bridgehead atoms. The highest BCUT2D eigenvalue weighted by atomic mass is 35.5. The summed E-state index contributed by atoms with van der Waals surface area (Å²) in [5.41, 5.74) is 1.40. The Morgan fingerprint density at radius 1 is 1.26 bits per heavy atom. The van der Waals surface area contributed by atoms with Crippen molar-refractivity contribution in [3.8, 4) is 23.8 Å². The molecular weight excluding hydrogens is 412 g/mol. The number of halogens is 1. The lowest BCUT2D eigenvalue weighted by molar-refractivity contribution is -0.117. The van der Waals surface area contributed by atoms with Crippen LogP contribution >= 0.6 is 11.6 Å². The average molecular weight is 439 g/mol. The van der Waals surface area contributed by atoms with E-state index in [0.717, 1.165) is 31.6 Å². The zero-order chi connectivity index (χ0) is 22.1. The Labute approximate surface area is 189 Å². The van der Waals surface area contributed by atoms with Crippen molar-refractivity contribution < 1.29 is 14.3 Å². The lowest BCUT2D eigenvalue weighted by Crippen LogP contribution is -2.31. The molecule has 1 N–H and O–H groups in total. The van der Waals surface area contributed by atoms with Crippen LogP contribution in [0.4, 0.5) is 5.69 Å². The Morgan fingerprint density at radius 2 is 2.13 bits per heavy atom. The van der Waals surface area contributed by atoms with Crippen molar-refractivity contribution >= 4 is 23.2 Å². The number of hydrogen-bond donors (Lipinski definition) is 1. The van der Waals surface area contributed by atoms with Crippen LogP contribution in [0.2, 0.25) is 5.02 Å². The van der Waals surface area contributed by atoms with Gasteiger partial charge in [0.15, 0.2) is 11.5 Å². The van der Waals surface area contributed by atoms with Crippen LogP contribution in [-0.2, 0) is 4.79 Å². The minimum atomic E-state index is -0.498. The number of ether oxygens (including phenoxy) is 2. The molecule has 1 heterocycles. The largest absolute Gasteiger partial charge is 0.493 e. The summed E-state index contributed by atoms with van der Waals surface area (Å²) >= 11 is 6.09. The van der Waals surface area contributed by atoms with Gasteiger partial charge in [-0.25, -0.2) is 0 Å². The molecule has 1 unspecified atom stereocenters. The van der Waals surface area contributed by atoms with Crippen molar-refractivity contribution in [3.63, 3.8) is 0 Å². The number of terminal acetylenes is 1. The fourth-order valence-electron chi connectivity index (χ4n) is 3.48. The number of benzene rings is 2. The Kier molecular flexibility index (Phi) is 8.40. The summed E-state index contributed by atoms with van der Waals surface area (Å²) in [4.78, 5) is 15.3. The van der Waals surface area contributed by atoms with Crippen molar-refractivity contribution in [1.82, 2.24) is 4.90 Å². The molecule has 0 aliphatic carbocycles. The normalized spacial score (nSPS) is 14.5. The van der Waals surface area contributed by atoms with Crippen LogP contribution in [0, 0.1) is 12.3 Å². The molecule has 1 amide bonds. The van der Waals surface area contributed by atoms with Crippen LogP contribution < -0.4 is 14.8 Å². The average Bonchev–Trinajstić information content (AvgIpc) is 2.78. The highest BCUT2D eigenvalue weighted by molar-refractivity contribution is 6.30. The molecule has 2 aromatic carbocycles. The van der Waals surface area contributed by atoms with Gasteiger partial charge in [-0.3, -0.25) is 9.69 Å². The first-order valence-corrected chi connectivity index (χ1v) is 10.7. The molecule has 0 spiro atoms. The van der Waals surface area contributed by atoms with Crippen molar-refractivity contribution in [1.29, 1.82) is 0 Å². The van der Waals surface area contributed by atoms with Gasteiger partial charge in [0.25, 0.3) is 0 Å². The molecule has 1 aliphatic rings. The molecule has 5 nitrogen and oxygen atoms in total. The monoisotopic (exact) mass is 438 g/mol. The number of carbonyl (C=O) groups is 1. The van der Waals surface area contributed by atoms with Gasteiger partial charge in [-0.05, 0) is 36.2 Å². The molecule has 2 aromatic rings. The standard InChI is InChI=1S/C25H27ClN2O3/c1-3-8-22(19-9-7-10-20(26)17-19)25(29)27-21-11-12-23(30-2)24(18-21)31-16-15-28-13-5-4-6-14-28/h1,4-5,7,9-12,17-18,22H,6,8,13-16H2,2H3,(H,27,29). The van der Waals surface area contributed by atoms with E-state index >= 15 is 0 Å². The smallest absolute Gasteiger partial charge is 0.232 e. The highest BCUT2D eigenvalue weighted by Gasteiger charge is 2.21. The lowest BCUT2D eigenvalue weighted by Gasteiger charge is -2.23. The van der Waals surface area contributed by atoms with E-state index in [2.05, 4.69) is 28.3 Å². The Bertz CT molecular complexity index is 967. The van der Waals surface area contributed by atoms with Crippen LogP contribution in [0.25, 0.3) is 0 Å². The first kappa shape index (κ1) is 22.7. The van der Waals surface area contributed by atoms with Crippen LogP contribution in [0.15, 0.2) is 54.6 Å². The Morgan fingerprint density at radius 3 is 2.84 bits per heavy atom. The van der Waals surface area contributed by atoms with E-state index in [0.29, 0.717) is 28.8 Å². The third-order valence-electron chi connectivity index (χ3n) is 5.13. The minimum Gasteiger partial charge on any atom is -0.493 e. The Balaban J connectivity index is 1.68. The number of amides is 1. The fraction of sp³-hybridized carbons (Fsp3) is 0.320. The third kappa shape index (κ3) is 6.52. The summed E-state index contributed by atoms with van der Waals surface area (Å²) < 4.78 is 11.4. The number of anilines is 1. The summed E-state index contributed by atoms with van der Waals surface area (Å²) in [6.07, 6.45) is 11.2. The number of nitrogens with zero attached hydrogens (tertiary/aromatic N) is 1. The van der Waals surface area contributed by atoms with Gasteiger partial charge >= 0.3 is 0 Å². The Hall–Kier alpha value is -2.94. The van der Waals surface area contributed by atoms with Gasteiger partial charge in [0.05, 0.1) is 13.0 Å². The minimum absolute atomic E-state index is 0.198. The van der Waals surface area contributed by atoms with E-state index in [9.17, 15) is 4.79 Å². The summed E-state index contributed by atoms with van der Waals surface area (Å²) in [5, 5.41) is 3.51. The van der Waals surface area contributed by atoms with Crippen molar-refractivity contribution in [2.75, 3.05) is 38.7 Å².